The molecule has 1 N–H and O–H groups in total. The molecule has 0 bridgehead atoms. The van der Waals surface area contributed by atoms with Crippen LogP contribution in [0.4, 0.5) is 5.82 Å². The van der Waals surface area contributed by atoms with Crippen LogP contribution in [0.3, 0.4) is 0 Å². The largest absolute Gasteiger partial charge is 0.307 e. The number of hydrogen-bond acceptors (Lipinski definition) is 2. The second kappa shape index (κ2) is 7.38. The summed E-state index contributed by atoms with van der Waals surface area (Å²) in [5.74, 6) is 0.239. The standard InChI is InChI=1S/C17H12BrCl2N3O/c18-13-6-2-1-4-11(13)10-23-15(8-9-21-23)22-17(24)12-5-3-7-14(19)16(12)20/h1-9H,10H2,(H,22,24). The Bertz CT molecular complexity index is 895. The minimum absolute atomic E-state index is 0.230. The average molecular weight is 425 g/mol. The van der Waals surface area contributed by atoms with Gasteiger partial charge in [-0.1, -0.05) is 63.4 Å². The molecule has 4 nitrogen and oxygen atoms in total. The summed E-state index contributed by atoms with van der Waals surface area (Å²) < 4.78 is 2.69. The first-order chi connectivity index (χ1) is 11.6. The molecule has 0 saturated carbocycles. The van der Waals surface area contributed by atoms with E-state index < -0.39 is 0 Å². The SMILES string of the molecule is O=C(Nc1ccnn1Cc1ccccc1Br)c1cccc(Cl)c1Cl. The van der Waals surface area contributed by atoms with Crippen molar-refractivity contribution in [1.82, 2.24) is 9.78 Å². The number of carbonyl (C=O) groups excluding carboxylic acids is 1. The Morgan fingerprint density at radius 3 is 2.71 bits per heavy atom. The number of hydrogen-bond donors (Lipinski definition) is 1. The summed E-state index contributed by atoms with van der Waals surface area (Å²) in [6, 6.07) is 14.5. The zero-order valence-corrected chi connectivity index (χ0v) is 15.4. The molecule has 0 aliphatic carbocycles. The molecular weight excluding hydrogens is 413 g/mol. The Hall–Kier alpha value is -1.82. The third kappa shape index (κ3) is 3.64. The first-order valence-electron chi connectivity index (χ1n) is 7.07. The van der Waals surface area contributed by atoms with Crippen LogP contribution in [-0.2, 0) is 6.54 Å². The molecular formula is C17H12BrCl2N3O. The summed E-state index contributed by atoms with van der Waals surface area (Å²) in [7, 11) is 0. The topological polar surface area (TPSA) is 46.9 Å². The summed E-state index contributed by atoms with van der Waals surface area (Å²) in [6.07, 6.45) is 1.63. The van der Waals surface area contributed by atoms with Crippen LogP contribution in [0.25, 0.3) is 0 Å². The molecule has 122 valence electrons. The minimum Gasteiger partial charge on any atom is -0.307 e. The van der Waals surface area contributed by atoms with Crippen LogP contribution < -0.4 is 5.32 Å². The average Bonchev–Trinajstić information content (AvgIpc) is 2.99. The quantitative estimate of drug-likeness (QED) is 0.621. The van der Waals surface area contributed by atoms with E-state index in [0.717, 1.165) is 10.0 Å². The zero-order chi connectivity index (χ0) is 17.1. The fourth-order valence-corrected chi connectivity index (χ4v) is 3.01. The molecule has 0 radical (unpaired) electrons. The molecule has 0 saturated heterocycles. The van der Waals surface area contributed by atoms with Crippen LogP contribution in [-0.4, -0.2) is 15.7 Å². The number of carbonyl (C=O) groups is 1. The van der Waals surface area contributed by atoms with Crippen molar-refractivity contribution in [3.8, 4) is 0 Å². The van der Waals surface area contributed by atoms with Gasteiger partial charge in [-0.3, -0.25) is 4.79 Å². The van der Waals surface area contributed by atoms with E-state index in [0.29, 0.717) is 22.9 Å². The summed E-state index contributed by atoms with van der Waals surface area (Å²) >= 11 is 15.6. The highest BCUT2D eigenvalue weighted by Crippen LogP contribution is 2.26. The van der Waals surface area contributed by atoms with E-state index in [4.69, 9.17) is 23.2 Å². The van der Waals surface area contributed by atoms with Gasteiger partial charge in [-0.2, -0.15) is 5.10 Å². The Labute approximate surface area is 157 Å². The number of nitrogens with zero attached hydrogens (tertiary/aromatic N) is 2. The molecule has 1 amide bonds. The van der Waals surface area contributed by atoms with Crippen molar-refractivity contribution < 1.29 is 4.79 Å². The van der Waals surface area contributed by atoms with E-state index in [1.165, 1.54) is 0 Å². The smallest absolute Gasteiger partial charge is 0.258 e. The van der Waals surface area contributed by atoms with Crippen LogP contribution in [0.2, 0.25) is 10.0 Å². The number of rotatable bonds is 4. The van der Waals surface area contributed by atoms with E-state index in [2.05, 4.69) is 26.3 Å². The van der Waals surface area contributed by atoms with Gasteiger partial charge >= 0.3 is 0 Å². The van der Waals surface area contributed by atoms with E-state index in [1.54, 1.807) is 35.1 Å². The number of halogens is 3. The number of nitrogens with one attached hydrogen (secondary N) is 1. The predicted octanol–water partition coefficient (Wildman–Crippen LogP) is 5.25. The molecule has 7 heteroatoms. The van der Waals surface area contributed by atoms with Gasteiger partial charge in [0.2, 0.25) is 0 Å². The maximum Gasteiger partial charge on any atom is 0.258 e. The van der Waals surface area contributed by atoms with Gasteiger partial charge in [-0.05, 0) is 23.8 Å². The Kier molecular flexibility index (Phi) is 5.23. The van der Waals surface area contributed by atoms with E-state index in [-0.39, 0.29) is 10.9 Å². The number of anilines is 1. The van der Waals surface area contributed by atoms with Crippen LogP contribution in [0.15, 0.2) is 59.2 Å². The molecule has 0 unspecified atom stereocenters. The van der Waals surface area contributed by atoms with Gasteiger partial charge in [0.25, 0.3) is 5.91 Å². The lowest BCUT2D eigenvalue weighted by molar-refractivity contribution is 0.102. The Balaban J connectivity index is 1.82. The van der Waals surface area contributed by atoms with Crippen molar-refractivity contribution in [2.24, 2.45) is 0 Å². The Morgan fingerprint density at radius 1 is 1.12 bits per heavy atom. The highest BCUT2D eigenvalue weighted by Gasteiger charge is 2.15. The second-order valence-corrected chi connectivity index (χ2v) is 6.66. The van der Waals surface area contributed by atoms with Gasteiger partial charge in [0.05, 0.1) is 28.4 Å². The molecule has 2 aromatic carbocycles. The molecule has 0 fully saturated rings. The fourth-order valence-electron chi connectivity index (χ4n) is 2.22. The van der Waals surface area contributed by atoms with Crippen molar-refractivity contribution >= 4 is 50.9 Å². The van der Waals surface area contributed by atoms with Gasteiger partial charge in [0.1, 0.15) is 5.82 Å². The summed E-state index contributed by atoms with van der Waals surface area (Å²) in [6.45, 7) is 0.521. The highest BCUT2D eigenvalue weighted by molar-refractivity contribution is 9.10. The molecule has 1 aromatic heterocycles. The van der Waals surface area contributed by atoms with Crippen molar-refractivity contribution in [2.75, 3.05) is 5.32 Å². The van der Waals surface area contributed by atoms with E-state index in [1.807, 2.05) is 24.3 Å². The molecule has 0 aliphatic heterocycles. The minimum atomic E-state index is -0.337. The molecule has 1 heterocycles. The molecule has 24 heavy (non-hydrogen) atoms. The first kappa shape index (κ1) is 17.0. The van der Waals surface area contributed by atoms with Crippen LogP contribution in [0, 0.1) is 0 Å². The highest BCUT2D eigenvalue weighted by atomic mass is 79.9. The number of benzene rings is 2. The molecule has 3 rings (SSSR count). The molecule has 0 atom stereocenters. The fraction of sp³-hybridized carbons (Fsp3) is 0.0588. The summed E-state index contributed by atoms with van der Waals surface area (Å²) in [5, 5.41) is 7.65. The third-order valence-electron chi connectivity index (χ3n) is 3.43. The zero-order valence-electron chi connectivity index (χ0n) is 12.3. The third-order valence-corrected chi connectivity index (χ3v) is 5.02. The number of amides is 1. The second-order valence-electron chi connectivity index (χ2n) is 5.02. The van der Waals surface area contributed by atoms with E-state index >= 15 is 0 Å². The maximum atomic E-state index is 12.5. The lowest BCUT2D eigenvalue weighted by Gasteiger charge is -2.11. The normalized spacial score (nSPS) is 10.6. The lowest BCUT2D eigenvalue weighted by Crippen LogP contribution is -2.16. The van der Waals surface area contributed by atoms with Gasteiger partial charge in [-0.25, -0.2) is 4.68 Å². The van der Waals surface area contributed by atoms with Gasteiger partial charge in [0.15, 0.2) is 0 Å². The van der Waals surface area contributed by atoms with Crippen molar-refractivity contribution in [3.05, 3.63) is 80.4 Å². The van der Waals surface area contributed by atoms with Gasteiger partial charge in [-0.15, -0.1) is 0 Å². The maximum absolute atomic E-state index is 12.5. The van der Waals surface area contributed by atoms with Crippen LogP contribution >= 0.6 is 39.1 Å². The molecule has 0 aliphatic rings. The van der Waals surface area contributed by atoms with Crippen molar-refractivity contribution in [3.63, 3.8) is 0 Å². The lowest BCUT2D eigenvalue weighted by atomic mass is 10.2. The van der Waals surface area contributed by atoms with Crippen LogP contribution in [0.1, 0.15) is 15.9 Å². The number of aromatic nitrogens is 2. The summed E-state index contributed by atoms with van der Waals surface area (Å²) in [4.78, 5) is 12.5. The van der Waals surface area contributed by atoms with Gasteiger partial charge < -0.3 is 5.32 Å². The van der Waals surface area contributed by atoms with Crippen molar-refractivity contribution in [2.45, 2.75) is 6.54 Å². The predicted molar refractivity (Wildman–Crippen MR) is 99.9 cm³/mol. The molecule has 3 aromatic rings. The Morgan fingerprint density at radius 2 is 1.92 bits per heavy atom. The monoisotopic (exact) mass is 423 g/mol. The first-order valence-corrected chi connectivity index (χ1v) is 8.61. The van der Waals surface area contributed by atoms with Crippen molar-refractivity contribution in [1.29, 1.82) is 0 Å². The van der Waals surface area contributed by atoms with Crippen LogP contribution in [0.5, 0.6) is 0 Å². The van der Waals surface area contributed by atoms with E-state index in [9.17, 15) is 4.79 Å². The molecule has 0 spiro atoms. The van der Waals surface area contributed by atoms with Gasteiger partial charge in [0, 0.05) is 10.5 Å². The summed E-state index contributed by atoms with van der Waals surface area (Å²) in [5.41, 5.74) is 1.37.